The molecule has 0 fully saturated rings. The van der Waals surface area contributed by atoms with Crippen LogP contribution in [0.3, 0.4) is 0 Å². The predicted octanol–water partition coefficient (Wildman–Crippen LogP) is 8.92. The minimum absolute atomic E-state index is 0.146. The van der Waals surface area contributed by atoms with Gasteiger partial charge in [0.15, 0.2) is 17.5 Å². The molecule has 3 aromatic heterocycles. The summed E-state index contributed by atoms with van der Waals surface area (Å²) in [6.45, 7) is 0. The molecule has 6 aromatic carbocycles. The first-order valence-electron chi connectivity index (χ1n) is 16.9. The molecule has 0 atom stereocenters. The van der Waals surface area contributed by atoms with E-state index in [1.165, 1.54) is 9.47 Å². The number of nitrogens with zero attached hydrogens (tertiary/aromatic N) is 6. The first-order valence-corrected chi connectivity index (χ1v) is 16.9. The number of amides is 2. The number of urea groups is 1. The quantitative estimate of drug-likeness (QED) is 0.174. The number of fused-ring (bicyclic) bond motifs is 4. The van der Waals surface area contributed by atoms with Crippen LogP contribution in [0.15, 0.2) is 155 Å². The number of hydrogen-bond acceptors (Lipinski definition) is 6. The molecule has 9 aromatic rings. The van der Waals surface area contributed by atoms with Crippen LogP contribution in [0.25, 0.3) is 78.3 Å². The van der Waals surface area contributed by atoms with E-state index in [0.29, 0.717) is 46.2 Å². The van der Waals surface area contributed by atoms with Gasteiger partial charge in [0.1, 0.15) is 11.2 Å². The van der Waals surface area contributed by atoms with Gasteiger partial charge < -0.3 is 9.40 Å². The highest BCUT2D eigenvalue weighted by atomic mass is 16.3. The molecule has 53 heavy (non-hydrogen) atoms. The summed E-state index contributed by atoms with van der Waals surface area (Å²) in [6, 6.07) is 46.1. The van der Waals surface area contributed by atoms with Gasteiger partial charge in [-0.05, 0) is 53.6 Å². The Balaban J connectivity index is 1.12. The van der Waals surface area contributed by atoms with Crippen molar-refractivity contribution in [1.29, 1.82) is 0 Å². The maximum absolute atomic E-state index is 13.4. The van der Waals surface area contributed by atoms with E-state index in [-0.39, 0.29) is 5.62 Å². The third-order valence-corrected chi connectivity index (χ3v) is 9.23. The Morgan fingerprint density at radius 2 is 1.32 bits per heavy atom. The van der Waals surface area contributed by atoms with E-state index in [9.17, 15) is 9.59 Å². The Morgan fingerprint density at radius 3 is 2.06 bits per heavy atom. The molecule has 0 radical (unpaired) electrons. The van der Waals surface area contributed by atoms with E-state index in [0.717, 1.165) is 44.2 Å². The topological polar surface area (TPSA) is 122 Å². The molecule has 0 saturated carbocycles. The smallest absolute Gasteiger partial charge is 0.351 e. The number of aromatic nitrogens is 5. The van der Waals surface area contributed by atoms with Crippen molar-refractivity contribution in [2.75, 3.05) is 11.9 Å². The Hall–Kier alpha value is -7.46. The van der Waals surface area contributed by atoms with Crippen LogP contribution in [0.4, 0.5) is 10.5 Å². The Morgan fingerprint density at radius 1 is 0.679 bits per heavy atom. The first kappa shape index (κ1) is 31.5. The second-order valence-electron chi connectivity index (χ2n) is 12.5. The zero-order valence-corrected chi connectivity index (χ0v) is 28.3. The number of carbonyl (C=O) groups excluding carboxylic acids is 2. The molecule has 10 nitrogen and oxygen atoms in total. The van der Waals surface area contributed by atoms with E-state index < -0.39 is 6.03 Å². The van der Waals surface area contributed by atoms with Gasteiger partial charge >= 0.3 is 6.03 Å². The fourth-order valence-electron chi connectivity index (χ4n) is 6.56. The Kier molecular flexibility index (Phi) is 7.74. The summed E-state index contributed by atoms with van der Waals surface area (Å²) in [4.78, 5) is 48.8. The monoisotopic (exact) mass is 691 g/mol. The van der Waals surface area contributed by atoms with Gasteiger partial charge in [0.2, 0.25) is 12.0 Å². The number of nitrogens with one attached hydrogen (secondary N) is 1. The third-order valence-electron chi connectivity index (χ3n) is 9.23. The van der Waals surface area contributed by atoms with Gasteiger partial charge in [-0.2, -0.15) is 4.99 Å². The highest BCUT2D eigenvalue weighted by Gasteiger charge is 2.19. The molecule has 1 N–H and O–H groups in total. The van der Waals surface area contributed by atoms with E-state index in [2.05, 4.69) is 16.0 Å². The van der Waals surface area contributed by atoms with Gasteiger partial charge in [0, 0.05) is 40.2 Å². The molecule has 0 unspecified atom stereocenters. The van der Waals surface area contributed by atoms with Crippen molar-refractivity contribution in [3.8, 4) is 45.3 Å². The van der Waals surface area contributed by atoms with Gasteiger partial charge in [-0.25, -0.2) is 19.7 Å². The summed E-state index contributed by atoms with van der Waals surface area (Å²) in [5, 5.41) is 1.79. The second-order valence-corrected chi connectivity index (χ2v) is 12.5. The Labute approximate surface area is 302 Å². The lowest BCUT2D eigenvalue weighted by atomic mass is 10.00. The van der Waals surface area contributed by atoms with Crippen LogP contribution in [0.5, 0.6) is 0 Å². The summed E-state index contributed by atoms with van der Waals surface area (Å²) >= 11 is 0. The third kappa shape index (κ3) is 5.74. The van der Waals surface area contributed by atoms with Crippen molar-refractivity contribution in [3.63, 3.8) is 0 Å². The highest BCUT2D eigenvalue weighted by molar-refractivity contribution is 6.12. The standard InChI is InChI=1S/C43H29N7O3/c1-49(43(52)48-42-44-34-19-8-9-20-35(34)50(42)26-51)31-17-10-16-29(24-31)30-22-23-36-33(25-30)38-32(18-11-21-37(38)53-36)41-46-39(27-12-4-2-5-13-27)45-40(47-41)28-14-6-3-7-15-28/h2-26H,1H3,(H,44,48,52). The molecule has 0 spiro atoms. The van der Waals surface area contributed by atoms with Crippen molar-refractivity contribution in [3.05, 3.63) is 151 Å². The molecule has 9 rings (SSSR count). The number of carbonyl (C=O) groups is 2. The number of H-pyrrole nitrogens is 1. The van der Waals surface area contributed by atoms with Gasteiger partial charge in [-0.3, -0.25) is 14.3 Å². The molecule has 254 valence electrons. The van der Waals surface area contributed by atoms with Gasteiger partial charge in [-0.1, -0.05) is 103 Å². The summed E-state index contributed by atoms with van der Waals surface area (Å²) in [5.74, 6) is 1.69. The van der Waals surface area contributed by atoms with Crippen LogP contribution in [0.2, 0.25) is 0 Å². The molecule has 0 aliphatic heterocycles. The van der Waals surface area contributed by atoms with Crippen molar-refractivity contribution in [1.82, 2.24) is 24.5 Å². The maximum atomic E-state index is 13.4. The van der Waals surface area contributed by atoms with Crippen LogP contribution in [0, 0.1) is 0 Å². The molecule has 0 aliphatic rings. The molecular formula is C43H29N7O3. The lowest BCUT2D eigenvalue weighted by molar-refractivity contribution is 0.254. The lowest BCUT2D eigenvalue weighted by Gasteiger charge is -2.15. The van der Waals surface area contributed by atoms with E-state index in [4.69, 9.17) is 19.4 Å². The highest BCUT2D eigenvalue weighted by Crippen LogP contribution is 2.38. The summed E-state index contributed by atoms with van der Waals surface area (Å²) in [7, 11) is 1.65. The minimum atomic E-state index is -0.535. The molecule has 2 amide bonds. The SMILES string of the molecule is CN(C(=O)N=c1[nH]c2ccccc2n1C=O)c1cccc(-c2ccc3oc4cccc(-c5nc(-c6ccccc6)nc(-c6ccccc6)n5)c4c3c2)c1. The van der Waals surface area contributed by atoms with E-state index >= 15 is 0 Å². The number of aromatic amines is 1. The minimum Gasteiger partial charge on any atom is -0.456 e. The van der Waals surface area contributed by atoms with Crippen LogP contribution in [-0.4, -0.2) is 44.0 Å². The summed E-state index contributed by atoms with van der Waals surface area (Å²) in [5.41, 5.74) is 7.96. The van der Waals surface area contributed by atoms with Gasteiger partial charge in [0.05, 0.1) is 11.0 Å². The zero-order chi connectivity index (χ0) is 35.9. The van der Waals surface area contributed by atoms with Crippen LogP contribution in [0.1, 0.15) is 0 Å². The van der Waals surface area contributed by atoms with Crippen LogP contribution >= 0.6 is 0 Å². The number of benzene rings is 6. The molecular weight excluding hydrogens is 663 g/mol. The van der Waals surface area contributed by atoms with E-state index in [1.807, 2.05) is 133 Å². The summed E-state index contributed by atoms with van der Waals surface area (Å²) in [6.07, 6.45) is 0.637. The zero-order valence-electron chi connectivity index (χ0n) is 28.3. The number of hydrogen-bond donors (Lipinski definition) is 1. The fourth-order valence-corrected chi connectivity index (χ4v) is 6.56. The molecule has 10 heteroatoms. The molecule has 0 aliphatic carbocycles. The van der Waals surface area contributed by atoms with Gasteiger partial charge in [-0.15, -0.1) is 0 Å². The van der Waals surface area contributed by atoms with Gasteiger partial charge in [0.25, 0.3) is 0 Å². The largest absolute Gasteiger partial charge is 0.456 e. The number of anilines is 1. The van der Waals surface area contributed by atoms with Crippen LogP contribution in [-0.2, 0) is 4.79 Å². The Bertz CT molecular complexity index is 2850. The lowest BCUT2D eigenvalue weighted by Crippen LogP contribution is -2.28. The van der Waals surface area contributed by atoms with Crippen molar-refractivity contribution < 1.29 is 14.0 Å². The first-order chi connectivity index (χ1) is 26.0. The van der Waals surface area contributed by atoms with Crippen molar-refractivity contribution in [2.24, 2.45) is 4.99 Å². The molecule has 3 heterocycles. The number of rotatable bonds is 6. The average Bonchev–Trinajstić information content (AvgIpc) is 3.78. The van der Waals surface area contributed by atoms with Crippen LogP contribution < -0.4 is 10.5 Å². The average molecular weight is 692 g/mol. The fraction of sp³-hybridized carbons (Fsp3) is 0.0233. The van der Waals surface area contributed by atoms with Crippen molar-refractivity contribution in [2.45, 2.75) is 0 Å². The summed E-state index contributed by atoms with van der Waals surface area (Å²) < 4.78 is 7.68. The predicted molar refractivity (Wildman–Crippen MR) is 207 cm³/mol. The van der Waals surface area contributed by atoms with E-state index in [1.54, 1.807) is 13.1 Å². The van der Waals surface area contributed by atoms with Crippen molar-refractivity contribution >= 4 is 51.1 Å². The second kappa shape index (κ2) is 13.0. The molecule has 0 saturated heterocycles. The number of imidazole rings is 1. The number of para-hydroxylation sites is 2. The maximum Gasteiger partial charge on any atom is 0.351 e. The molecule has 0 bridgehead atoms. The normalized spacial score (nSPS) is 11.8. The number of furan rings is 1.